The van der Waals surface area contributed by atoms with Crippen molar-refractivity contribution in [3.05, 3.63) is 0 Å². The summed E-state index contributed by atoms with van der Waals surface area (Å²) >= 11 is 11.1. The number of urea groups is 1. The summed E-state index contributed by atoms with van der Waals surface area (Å²) in [5.41, 5.74) is -0.300. The maximum Gasteiger partial charge on any atom is 0.327 e. The summed E-state index contributed by atoms with van der Waals surface area (Å²) in [6.07, 6.45) is 4.06. The molecule has 0 aromatic rings. The first-order valence-corrected chi connectivity index (χ1v) is 14.6. The zero-order valence-corrected chi connectivity index (χ0v) is 25.3. The Hall–Kier alpha value is -1.36. The molecular formula is C27H48N4O4S2. The van der Waals surface area contributed by atoms with Crippen molar-refractivity contribution in [3.8, 4) is 0 Å². The lowest BCUT2D eigenvalue weighted by Crippen LogP contribution is -2.40. The van der Waals surface area contributed by atoms with Gasteiger partial charge >= 0.3 is 6.03 Å². The van der Waals surface area contributed by atoms with Crippen molar-refractivity contribution in [1.29, 1.82) is 0 Å². The SMILES string of the molecule is CCN1CC(=O)N(CC(C)(C)CCC(O)CCCC(O)CCC(C)(C)CN2C(=S)CN(CC)C2=S)C1=O. The molecule has 8 nitrogen and oxygen atoms in total. The molecule has 0 spiro atoms. The van der Waals surface area contributed by atoms with Crippen LogP contribution in [0, 0.1) is 10.8 Å². The second-order valence-electron chi connectivity index (χ2n) is 12.2. The average molecular weight is 557 g/mol. The van der Waals surface area contributed by atoms with Gasteiger partial charge in [0, 0.05) is 26.2 Å². The van der Waals surface area contributed by atoms with Gasteiger partial charge in [-0.2, -0.15) is 0 Å². The molecule has 2 unspecified atom stereocenters. The van der Waals surface area contributed by atoms with Crippen LogP contribution in [0.3, 0.4) is 0 Å². The predicted octanol–water partition coefficient (Wildman–Crippen LogP) is 4.03. The molecule has 2 aliphatic rings. The Morgan fingerprint density at radius 3 is 1.70 bits per heavy atom. The van der Waals surface area contributed by atoms with Crippen LogP contribution in [-0.2, 0) is 4.79 Å². The Labute approximate surface area is 234 Å². The molecule has 2 saturated heterocycles. The maximum absolute atomic E-state index is 12.4. The van der Waals surface area contributed by atoms with Gasteiger partial charge in [0.25, 0.3) is 0 Å². The molecule has 0 aromatic heterocycles. The van der Waals surface area contributed by atoms with Crippen molar-refractivity contribution < 1.29 is 19.8 Å². The number of rotatable bonds is 16. The van der Waals surface area contributed by atoms with E-state index in [9.17, 15) is 19.8 Å². The van der Waals surface area contributed by atoms with Crippen LogP contribution in [0.5, 0.6) is 0 Å². The highest BCUT2D eigenvalue weighted by molar-refractivity contribution is 7.82. The van der Waals surface area contributed by atoms with Gasteiger partial charge in [0.15, 0.2) is 5.11 Å². The number of carbonyl (C=O) groups is 2. The zero-order chi connectivity index (χ0) is 28.0. The quantitative estimate of drug-likeness (QED) is 0.218. The van der Waals surface area contributed by atoms with Crippen LogP contribution in [0.1, 0.15) is 86.5 Å². The number of likely N-dealkylation sites (N-methyl/N-ethyl adjacent to an activating group) is 2. The molecule has 2 atom stereocenters. The Morgan fingerprint density at radius 2 is 1.27 bits per heavy atom. The van der Waals surface area contributed by atoms with Gasteiger partial charge in [-0.3, -0.25) is 9.69 Å². The highest BCUT2D eigenvalue weighted by atomic mass is 32.1. The molecule has 2 fully saturated rings. The summed E-state index contributed by atoms with van der Waals surface area (Å²) in [6, 6.07) is -0.216. The molecule has 37 heavy (non-hydrogen) atoms. The van der Waals surface area contributed by atoms with Crippen molar-refractivity contribution in [2.45, 2.75) is 98.7 Å². The zero-order valence-electron chi connectivity index (χ0n) is 23.7. The molecule has 0 saturated carbocycles. The second kappa shape index (κ2) is 13.6. The third-order valence-corrected chi connectivity index (χ3v) is 8.40. The van der Waals surface area contributed by atoms with E-state index in [2.05, 4.69) is 30.6 Å². The molecule has 2 N–H and O–H groups in total. The molecule has 0 aliphatic carbocycles. The Kier molecular flexibility index (Phi) is 11.7. The molecule has 10 heteroatoms. The van der Waals surface area contributed by atoms with Gasteiger partial charge in [0.2, 0.25) is 5.91 Å². The second-order valence-corrected chi connectivity index (χ2v) is 13.0. The fourth-order valence-electron chi connectivity index (χ4n) is 5.00. The Bertz CT molecular complexity index is 769. The van der Waals surface area contributed by atoms with Gasteiger partial charge in [0.05, 0.1) is 18.8 Å². The molecule has 212 valence electrons. The topological polar surface area (TPSA) is 87.6 Å². The highest BCUT2D eigenvalue weighted by Gasteiger charge is 2.38. The van der Waals surface area contributed by atoms with Gasteiger partial charge in [-0.15, -0.1) is 0 Å². The first-order valence-electron chi connectivity index (χ1n) is 13.7. The van der Waals surface area contributed by atoms with Gasteiger partial charge < -0.3 is 24.9 Å². The van der Waals surface area contributed by atoms with Crippen LogP contribution in [0.15, 0.2) is 0 Å². The molecule has 0 aromatic carbocycles. The maximum atomic E-state index is 12.4. The van der Waals surface area contributed by atoms with Crippen LogP contribution in [0.2, 0.25) is 0 Å². The van der Waals surface area contributed by atoms with Crippen molar-refractivity contribution in [3.63, 3.8) is 0 Å². The van der Waals surface area contributed by atoms with Gasteiger partial charge in [-0.25, -0.2) is 4.79 Å². The smallest absolute Gasteiger partial charge is 0.327 e. The third kappa shape index (κ3) is 9.41. The van der Waals surface area contributed by atoms with E-state index in [1.54, 1.807) is 4.90 Å². The van der Waals surface area contributed by atoms with Crippen LogP contribution >= 0.6 is 24.4 Å². The standard InChI is InChI=1S/C27H48N4O4S2/c1-7-28-16-22(34)30(24(28)35)18-26(3,4)14-12-20(32)10-9-11-21(33)13-15-27(5,6)19-31-23(36)17-29(8-2)25(31)37/h20-21,32-33H,7-19H2,1-6H3. The van der Waals surface area contributed by atoms with Gasteiger partial charge in [-0.05, 0) is 81.8 Å². The van der Waals surface area contributed by atoms with Crippen LogP contribution in [0.25, 0.3) is 0 Å². The van der Waals surface area contributed by atoms with E-state index in [0.29, 0.717) is 45.2 Å². The summed E-state index contributed by atoms with van der Waals surface area (Å²) in [4.78, 5) is 32.5. The molecule has 0 bridgehead atoms. The van der Waals surface area contributed by atoms with E-state index in [-0.39, 0.29) is 29.3 Å². The monoisotopic (exact) mass is 556 g/mol. The lowest BCUT2D eigenvalue weighted by molar-refractivity contribution is -0.126. The predicted molar refractivity (Wildman–Crippen MR) is 155 cm³/mol. The van der Waals surface area contributed by atoms with E-state index >= 15 is 0 Å². The number of aliphatic hydroxyl groups excluding tert-OH is 2. The molecule has 2 aliphatic heterocycles. The number of nitrogens with zero attached hydrogens (tertiary/aromatic N) is 4. The van der Waals surface area contributed by atoms with E-state index in [1.807, 2.05) is 20.8 Å². The van der Waals surface area contributed by atoms with Crippen molar-refractivity contribution in [2.75, 3.05) is 39.3 Å². The molecular weight excluding hydrogens is 508 g/mol. The number of carbonyl (C=O) groups excluding carboxylic acids is 2. The number of imide groups is 1. The number of thiocarbonyl (C=S) groups is 2. The van der Waals surface area contributed by atoms with E-state index in [1.165, 1.54) is 4.90 Å². The average Bonchev–Trinajstić information content (AvgIpc) is 3.25. The minimum Gasteiger partial charge on any atom is -0.393 e. The molecule has 2 rings (SSSR count). The largest absolute Gasteiger partial charge is 0.393 e. The normalized spacial score (nSPS) is 19.0. The van der Waals surface area contributed by atoms with Crippen molar-refractivity contribution >= 4 is 46.5 Å². The van der Waals surface area contributed by atoms with Crippen molar-refractivity contribution in [2.24, 2.45) is 10.8 Å². The van der Waals surface area contributed by atoms with Gasteiger partial charge in [0.1, 0.15) is 11.5 Å². The Balaban J connectivity index is 1.66. The van der Waals surface area contributed by atoms with Crippen LogP contribution in [0.4, 0.5) is 4.79 Å². The minimum absolute atomic E-state index is 0.0315. The Morgan fingerprint density at radius 1 is 0.784 bits per heavy atom. The number of aliphatic hydroxyl groups is 2. The van der Waals surface area contributed by atoms with E-state index < -0.39 is 12.2 Å². The third-order valence-electron chi connectivity index (χ3n) is 7.58. The number of amides is 3. The number of hydrogen-bond donors (Lipinski definition) is 2. The fourth-order valence-corrected chi connectivity index (χ4v) is 5.73. The first kappa shape index (κ1) is 31.9. The van der Waals surface area contributed by atoms with E-state index in [0.717, 1.165) is 42.6 Å². The van der Waals surface area contributed by atoms with Crippen molar-refractivity contribution in [1.82, 2.24) is 19.6 Å². The summed E-state index contributed by atoms with van der Waals surface area (Å²) in [6.45, 7) is 15.8. The molecule has 2 heterocycles. The fraction of sp³-hybridized carbons (Fsp3) is 0.852. The summed E-state index contributed by atoms with van der Waals surface area (Å²) < 4.78 is 0. The summed E-state index contributed by atoms with van der Waals surface area (Å²) in [5, 5.41) is 21.9. The van der Waals surface area contributed by atoms with Gasteiger partial charge in [-0.1, -0.05) is 39.9 Å². The van der Waals surface area contributed by atoms with Crippen LogP contribution in [-0.4, -0.2) is 103 Å². The van der Waals surface area contributed by atoms with Crippen LogP contribution < -0.4 is 0 Å². The summed E-state index contributed by atoms with van der Waals surface area (Å²) in [5.74, 6) is -0.147. The lowest BCUT2D eigenvalue weighted by atomic mass is 9.84. The van der Waals surface area contributed by atoms with E-state index in [4.69, 9.17) is 24.4 Å². The molecule has 0 radical (unpaired) electrons. The molecule has 3 amide bonds. The number of hydrogen-bond acceptors (Lipinski definition) is 6. The first-order chi connectivity index (χ1) is 17.2. The lowest BCUT2D eigenvalue weighted by Gasteiger charge is -2.32. The summed E-state index contributed by atoms with van der Waals surface area (Å²) in [7, 11) is 0. The minimum atomic E-state index is -0.459. The highest BCUT2D eigenvalue weighted by Crippen LogP contribution is 2.29.